The molecule has 0 radical (unpaired) electrons. The molecule has 2 aromatic rings. The molecule has 4 heteroatoms. The van der Waals surface area contributed by atoms with E-state index in [9.17, 15) is 0 Å². The molecule has 0 aliphatic heterocycles. The number of hydrogen-bond donors (Lipinski definition) is 0. The number of aromatic nitrogens is 3. The largest absolute Gasteiger partial charge is 0.187 e. The predicted octanol–water partition coefficient (Wildman–Crippen LogP) is 2.14. The maximum Gasteiger partial charge on any atom is 0.113 e. The molecule has 0 amide bonds. The SMILES string of the molecule is Cn1ncc(-c2ccc(Cl)cc2)n1. The first-order valence-corrected chi connectivity index (χ1v) is 4.26. The van der Waals surface area contributed by atoms with Crippen molar-refractivity contribution in [1.82, 2.24) is 15.0 Å². The molecule has 0 bridgehead atoms. The smallest absolute Gasteiger partial charge is 0.113 e. The predicted molar refractivity (Wildman–Crippen MR) is 51.4 cm³/mol. The molecule has 0 atom stereocenters. The number of halogens is 1. The van der Waals surface area contributed by atoms with Gasteiger partial charge in [0, 0.05) is 17.6 Å². The Morgan fingerprint density at radius 3 is 2.46 bits per heavy atom. The van der Waals surface area contributed by atoms with Gasteiger partial charge in [0.15, 0.2) is 0 Å². The standard InChI is InChI=1S/C9H8ClN3/c1-13-11-6-9(12-13)7-2-4-8(10)5-3-7/h2-6H,1H3. The Bertz CT molecular complexity index is 405. The van der Waals surface area contributed by atoms with Crippen molar-refractivity contribution < 1.29 is 0 Å². The maximum absolute atomic E-state index is 5.76. The topological polar surface area (TPSA) is 30.7 Å². The molecule has 0 N–H and O–H groups in total. The van der Waals surface area contributed by atoms with Crippen LogP contribution in [0.2, 0.25) is 5.02 Å². The first-order chi connectivity index (χ1) is 6.25. The Morgan fingerprint density at radius 2 is 1.92 bits per heavy atom. The summed E-state index contributed by atoms with van der Waals surface area (Å²) in [6.45, 7) is 0. The average Bonchev–Trinajstić information content (AvgIpc) is 2.53. The Morgan fingerprint density at radius 1 is 1.23 bits per heavy atom. The number of benzene rings is 1. The van der Waals surface area contributed by atoms with Gasteiger partial charge in [0.2, 0.25) is 0 Å². The molecule has 0 fully saturated rings. The van der Waals surface area contributed by atoms with Crippen LogP contribution in [0.4, 0.5) is 0 Å². The first kappa shape index (κ1) is 8.26. The normalized spacial score (nSPS) is 10.3. The summed E-state index contributed by atoms with van der Waals surface area (Å²) in [4.78, 5) is 1.53. The molecule has 0 saturated heterocycles. The summed E-state index contributed by atoms with van der Waals surface area (Å²) in [5.74, 6) is 0. The van der Waals surface area contributed by atoms with Gasteiger partial charge >= 0.3 is 0 Å². The van der Waals surface area contributed by atoms with Gasteiger partial charge in [-0.3, -0.25) is 0 Å². The molecule has 0 aliphatic rings. The van der Waals surface area contributed by atoms with Crippen LogP contribution in [-0.4, -0.2) is 15.0 Å². The lowest BCUT2D eigenvalue weighted by atomic mass is 10.2. The third kappa shape index (κ3) is 1.70. The molecule has 1 aromatic heterocycles. The van der Waals surface area contributed by atoms with E-state index < -0.39 is 0 Å². The Labute approximate surface area is 81.0 Å². The van der Waals surface area contributed by atoms with Crippen LogP contribution in [0, 0.1) is 0 Å². The van der Waals surface area contributed by atoms with Crippen LogP contribution in [0.25, 0.3) is 11.3 Å². The quantitative estimate of drug-likeness (QED) is 0.695. The Hall–Kier alpha value is -1.35. The van der Waals surface area contributed by atoms with Crippen LogP contribution < -0.4 is 0 Å². The molecule has 0 spiro atoms. The summed E-state index contributed by atoms with van der Waals surface area (Å²) < 4.78 is 0. The monoisotopic (exact) mass is 193 g/mol. The van der Waals surface area contributed by atoms with Crippen LogP contribution in [0.5, 0.6) is 0 Å². The third-order valence-electron chi connectivity index (χ3n) is 1.74. The van der Waals surface area contributed by atoms with Crippen molar-refractivity contribution in [1.29, 1.82) is 0 Å². The van der Waals surface area contributed by atoms with Crippen LogP contribution in [-0.2, 0) is 7.05 Å². The molecule has 2 rings (SSSR count). The zero-order chi connectivity index (χ0) is 9.26. The van der Waals surface area contributed by atoms with E-state index in [1.54, 1.807) is 13.2 Å². The fourth-order valence-corrected chi connectivity index (χ4v) is 1.22. The van der Waals surface area contributed by atoms with Crippen LogP contribution in [0.1, 0.15) is 0 Å². The Kier molecular flexibility index (Phi) is 2.02. The first-order valence-electron chi connectivity index (χ1n) is 3.88. The number of nitrogens with zero attached hydrogens (tertiary/aromatic N) is 3. The maximum atomic E-state index is 5.76. The van der Waals surface area contributed by atoms with Gasteiger partial charge in [-0.05, 0) is 12.1 Å². The van der Waals surface area contributed by atoms with Crippen LogP contribution >= 0.6 is 11.6 Å². The molecular formula is C9H8ClN3. The molecule has 0 saturated carbocycles. The molecule has 1 heterocycles. The van der Waals surface area contributed by atoms with E-state index in [1.807, 2.05) is 24.3 Å². The van der Waals surface area contributed by atoms with Crippen molar-refractivity contribution in [3.05, 3.63) is 35.5 Å². The highest BCUT2D eigenvalue weighted by molar-refractivity contribution is 6.30. The highest BCUT2D eigenvalue weighted by Gasteiger charge is 2.00. The van der Waals surface area contributed by atoms with Crippen LogP contribution in [0.15, 0.2) is 30.5 Å². The number of rotatable bonds is 1. The molecule has 0 aliphatic carbocycles. The Balaban J connectivity index is 2.41. The van der Waals surface area contributed by atoms with Crippen molar-refractivity contribution in [2.24, 2.45) is 7.05 Å². The van der Waals surface area contributed by atoms with E-state index >= 15 is 0 Å². The van der Waals surface area contributed by atoms with Crippen LogP contribution in [0.3, 0.4) is 0 Å². The fraction of sp³-hybridized carbons (Fsp3) is 0.111. The molecule has 3 nitrogen and oxygen atoms in total. The van der Waals surface area contributed by atoms with E-state index in [2.05, 4.69) is 10.2 Å². The zero-order valence-electron chi connectivity index (χ0n) is 7.11. The summed E-state index contributed by atoms with van der Waals surface area (Å²) in [6, 6.07) is 7.52. The second kappa shape index (κ2) is 3.18. The van der Waals surface area contributed by atoms with Gasteiger partial charge in [-0.15, -0.1) is 0 Å². The van der Waals surface area contributed by atoms with Gasteiger partial charge in [0.1, 0.15) is 5.69 Å². The number of hydrogen-bond acceptors (Lipinski definition) is 2. The highest BCUT2D eigenvalue weighted by Crippen LogP contribution is 2.18. The summed E-state index contributed by atoms with van der Waals surface area (Å²) in [6.07, 6.45) is 1.73. The van der Waals surface area contributed by atoms with Gasteiger partial charge in [-0.1, -0.05) is 23.7 Å². The van der Waals surface area contributed by atoms with E-state index in [4.69, 9.17) is 11.6 Å². The van der Waals surface area contributed by atoms with E-state index in [1.165, 1.54) is 4.80 Å². The third-order valence-corrected chi connectivity index (χ3v) is 1.99. The minimum absolute atomic E-state index is 0.729. The minimum atomic E-state index is 0.729. The van der Waals surface area contributed by atoms with E-state index in [-0.39, 0.29) is 0 Å². The van der Waals surface area contributed by atoms with Gasteiger partial charge in [-0.2, -0.15) is 15.0 Å². The van der Waals surface area contributed by atoms with E-state index in [0.29, 0.717) is 0 Å². The average molecular weight is 194 g/mol. The van der Waals surface area contributed by atoms with Crippen molar-refractivity contribution >= 4 is 11.6 Å². The summed E-state index contributed by atoms with van der Waals surface area (Å²) in [7, 11) is 1.79. The highest BCUT2D eigenvalue weighted by atomic mass is 35.5. The molecule has 13 heavy (non-hydrogen) atoms. The lowest BCUT2D eigenvalue weighted by Crippen LogP contribution is -1.91. The molecular weight excluding hydrogens is 186 g/mol. The van der Waals surface area contributed by atoms with Crippen molar-refractivity contribution in [3.8, 4) is 11.3 Å². The summed E-state index contributed by atoms with van der Waals surface area (Å²) in [5.41, 5.74) is 1.89. The van der Waals surface area contributed by atoms with Crippen molar-refractivity contribution in [3.63, 3.8) is 0 Å². The lowest BCUT2D eigenvalue weighted by Gasteiger charge is -1.94. The minimum Gasteiger partial charge on any atom is -0.187 e. The second-order valence-corrected chi connectivity index (χ2v) is 3.16. The van der Waals surface area contributed by atoms with Gasteiger partial charge in [-0.25, -0.2) is 0 Å². The van der Waals surface area contributed by atoms with Crippen molar-refractivity contribution in [2.75, 3.05) is 0 Å². The lowest BCUT2D eigenvalue weighted by molar-refractivity contribution is 0.655. The summed E-state index contributed by atoms with van der Waals surface area (Å²) >= 11 is 5.76. The summed E-state index contributed by atoms with van der Waals surface area (Å²) in [5, 5.41) is 8.89. The zero-order valence-corrected chi connectivity index (χ0v) is 7.86. The van der Waals surface area contributed by atoms with Gasteiger partial charge < -0.3 is 0 Å². The molecule has 1 aromatic carbocycles. The molecule has 0 unspecified atom stereocenters. The fourth-order valence-electron chi connectivity index (χ4n) is 1.10. The van der Waals surface area contributed by atoms with Gasteiger partial charge in [0.25, 0.3) is 0 Å². The van der Waals surface area contributed by atoms with Gasteiger partial charge in [0.05, 0.1) is 6.20 Å². The van der Waals surface area contributed by atoms with Crippen molar-refractivity contribution in [2.45, 2.75) is 0 Å². The number of aryl methyl sites for hydroxylation is 1. The molecule has 66 valence electrons. The van der Waals surface area contributed by atoms with E-state index in [0.717, 1.165) is 16.3 Å². The second-order valence-electron chi connectivity index (χ2n) is 2.73.